The standard InChI is InChI=1S/C10H11NO3/c1-14-10(13)7-4-5-9(12)11-6-2-3-8(7)11/h4-5H,2-3,6H2,1H3. The summed E-state index contributed by atoms with van der Waals surface area (Å²) in [6, 6.07) is 2.96. The first kappa shape index (κ1) is 8.99. The Hall–Kier alpha value is -1.58. The molecule has 0 saturated heterocycles. The van der Waals surface area contributed by atoms with Crippen molar-refractivity contribution >= 4 is 5.97 Å². The van der Waals surface area contributed by atoms with Crippen LogP contribution in [0.2, 0.25) is 0 Å². The van der Waals surface area contributed by atoms with Gasteiger partial charge in [-0.15, -0.1) is 0 Å². The van der Waals surface area contributed by atoms with Crippen LogP contribution in [-0.4, -0.2) is 17.6 Å². The fourth-order valence-corrected chi connectivity index (χ4v) is 1.83. The summed E-state index contributed by atoms with van der Waals surface area (Å²) in [5.74, 6) is -0.365. The predicted octanol–water partition coefficient (Wildman–Crippen LogP) is 0.581. The van der Waals surface area contributed by atoms with Crippen molar-refractivity contribution in [3.8, 4) is 0 Å². The molecule has 0 fully saturated rings. The Kier molecular flexibility index (Phi) is 2.11. The third-order valence-electron chi connectivity index (χ3n) is 2.50. The van der Waals surface area contributed by atoms with Crippen molar-refractivity contribution in [2.24, 2.45) is 0 Å². The molecule has 2 heterocycles. The Balaban J connectivity index is 2.59. The Morgan fingerprint density at radius 2 is 2.29 bits per heavy atom. The van der Waals surface area contributed by atoms with Gasteiger partial charge in [0.25, 0.3) is 5.56 Å². The molecule has 0 unspecified atom stereocenters. The quantitative estimate of drug-likeness (QED) is 0.613. The van der Waals surface area contributed by atoms with Crippen molar-refractivity contribution in [3.05, 3.63) is 33.7 Å². The van der Waals surface area contributed by atoms with E-state index in [1.165, 1.54) is 13.2 Å². The second kappa shape index (κ2) is 3.29. The van der Waals surface area contributed by atoms with Crippen molar-refractivity contribution in [1.82, 2.24) is 4.57 Å². The van der Waals surface area contributed by atoms with E-state index in [1.54, 1.807) is 10.6 Å². The predicted molar refractivity (Wildman–Crippen MR) is 50.4 cm³/mol. The van der Waals surface area contributed by atoms with Crippen LogP contribution in [0.15, 0.2) is 16.9 Å². The molecule has 0 atom stereocenters. The summed E-state index contributed by atoms with van der Waals surface area (Å²) in [7, 11) is 1.35. The van der Waals surface area contributed by atoms with Crippen LogP contribution in [0.3, 0.4) is 0 Å². The molecule has 0 radical (unpaired) electrons. The molecule has 1 aromatic heterocycles. The number of hydrogen-bond acceptors (Lipinski definition) is 3. The minimum absolute atomic E-state index is 0.0369. The molecule has 0 amide bonds. The summed E-state index contributed by atoms with van der Waals surface area (Å²) in [6.45, 7) is 0.707. The van der Waals surface area contributed by atoms with Gasteiger partial charge in [-0.3, -0.25) is 4.79 Å². The van der Waals surface area contributed by atoms with Gasteiger partial charge in [0.1, 0.15) is 0 Å². The number of nitrogens with zero attached hydrogens (tertiary/aromatic N) is 1. The minimum Gasteiger partial charge on any atom is -0.465 e. The molecule has 74 valence electrons. The van der Waals surface area contributed by atoms with Gasteiger partial charge in [-0.25, -0.2) is 4.79 Å². The van der Waals surface area contributed by atoms with Crippen molar-refractivity contribution in [1.29, 1.82) is 0 Å². The number of carbonyl (C=O) groups is 1. The summed E-state index contributed by atoms with van der Waals surface area (Å²) >= 11 is 0. The number of ether oxygens (including phenoxy) is 1. The van der Waals surface area contributed by atoms with E-state index >= 15 is 0 Å². The molecule has 0 saturated carbocycles. The maximum absolute atomic E-state index is 11.4. The lowest BCUT2D eigenvalue weighted by Gasteiger charge is -2.06. The molecule has 1 aromatic rings. The maximum atomic E-state index is 11.4. The fourth-order valence-electron chi connectivity index (χ4n) is 1.83. The Labute approximate surface area is 81.1 Å². The number of carbonyl (C=O) groups excluding carboxylic acids is 1. The molecule has 4 heteroatoms. The van der Waals surface area contributed by atoms with Crippen LogP contribution >= 0.6 is 0 Å². The lowest BCUT2D eigenvalue weighted by Crippen LogP contribution is -2.21. The Morgan fingerprint density at radius 3 is 3.00 bits per heavy atom. The van der Waals surface area contributed by atoms with E-state index in [4.69, 9.17) is 0 Å². The number of esters is 1. The first-order chi connectivity index (χ1) is 6.74. The minimum atomic E-state index is -0.365. The van der Waals surface area contributed by atoms with Gasteiger partial charge in [0, 0.05) is 18.3 Å². The summed E-state index contributed by atoms with van der Waals surface area (Å²) in [5.41, 5.74) is 1.29. The van der Waals surface area contributed by atoms with Crippen LogP contribution in [0.25, 0.3) is 0 Å². The number of aromatic nitrogens is 1. The second-order valence-electron chi connectivity index (χ2n) is 3.28. The molecule has 1 aliphatic heterocycles. The summed E-state index contributed by atoms with van der Waals surface area (Å²) < 4.78 is 6.29. The van der Waals surface area contributed by atoms with Gasteiger partial charge in [-0.05, 0) is 18.9 Å². The van der Waals surface area contributed by atoms with Crippen molar-refractivity contribution < 1.29 is 9.53 Å². The highest BCUT2D eigenvalue weighted by molar-refractivity contribution is 5.90. The number of rotatable bonds is 1. The largest absolute Gasteiger partial charge is 0.465 e. The SMILES string of the molecule is COC(=O)c1ccc(=O)n2c1CCC2. The highest BCUT2D eigenvalue weighted by Crippen LogP contribution is 2.16. The van der Waals surface area contributed by atoms with Crippen LogP contribution in [-0.2, 0) is 17.7 Å². The van der Waals surface area contributed by atoms with E-state index in [0.29, 0.717) is 12.1 Å². The van der Waals surface area contributed by atoms with Crippen LogP contribution in [0.1, 0.15) is 22.5 Å². The smallest absolute Gasteiger partial charge is 0.339 e. The molecule has 0 N–H and O–H groups in total. The highest BCUT2D eigenvalue weighted by atomic mass is 16.5. The number of methoxy groups -OCH3 is 1. The van der Waals surface area contributed by atoms with Crippen LogP contribution in [0.5, 0.6) is 0 Å². The second-order valence-corrected chi connectivity index (χ2v) is 3.28. The van der Waals surface area contributed by atoms with E-state index in [0.717, 1.165) is 18.5 Å². The normalized spacial score (nSPS) is 13.8. The zero-order valence-corrected chi connectivity index (χ0v) is 7.95. The average Bonchev–Trinajstić information content (AvgIpc) is 2.67. The van der Waals surface area contributed by atoms with E-state index in [2.05, 4.69) is 4.74 Å². The van der Waals surface area contributed by atoms with Gasteiger partial charge in [-0.2, -0.15) is 0 Å². The zero-order valence-electron chi connectivity index (χ0n) is 7.95. The van der Waals surface area contributed by atoms with Gasteiger partial charge in [0.2, 0.25) is 0 Å². The Bertz CT molecular complexity index is 433. The maximum Gasteiger partial charge on any atom is 0.339 e. The molecule has 2 rings (SSSR count). The van der Waals surface area contributed by atoms with Crippen molar-refractivity contribution in [3.63, 3.8) is 0 Å². The highest BCUT2D eigenvalue weighted by Gasteiger charge is 2.19. The van der Waals surface area contributed by atoms with Crippen LogP contribution in [0.4, 0.5) is 0 Å². The van der Waals surface area contributed by atoms with Gasteiger partial charge >= 0.3 is 5.97 Å². The van der Waals surface area contributed by atoms with Crippen molar-refractivity contribution in [2.45, 2.75) is 19.4 Å². The van der Waals surface area contributed by atoms with Crippen LogP contribution < -0.4 is 5.56 Å². The molecular formula is C10H11NO3. The van der Waals surface area contributed by atoms with Gasteiger partial charge in [-0.1, -0.05) is 0 Å². The first-order valence-corrected chi connectivity index (χ1v) is 4.55. The monoisotopic (exact) mass is 193 g/mol. The molecule has 4 nitrogen and oxygen atoms in total. The third kappa shape index (κ3) is 1.23. The van der Waals surface area contributed by atoms with Crippen molar-refractivity contribution in [2.75, 3.05) is 7.11 Å². The summed E-state index contributed by atoms with van der Waals surface area (Å²) in [4.78, 5) is 22.7. The van der Waals surface area contributed by atoms with E-state index in [-0.39, 0.29) is 11.5 Å². The average molecular weight is 193 g/mol. The van der Waals surface area contributed by atoms with Gasteiger partial charge in [0.05, 0.1) is 12.7 Å². The molecule has 0 aliphatic carbocycles. The molecule has 1 aliphatic rings. The fraction of sp³-hybridized carbons (Fsp3) is 0.400. The first-order valence-electron chi connectivity index (χ1n) is 4.55. The number of fused-ring (bicyclic) bond motifs is 1. The number of pyridine rings is 1. The molecule has 0 spiro atoms. The van der Waals surface area contributed by atoms with E-state index < -0.39 is 0 Å². The van der Waals surface area contributed by atoms with Crippen LogP contribution in [0, 0.1) is 0 Å². The van der Waals surface area contributed by atoms with Gasteiger partial charge < -0.3 is 9.30 Å². The zero-order chi connectivity index (χ0) is 10.1. The van der Waals surface area contributed by atoms with E-state index in [9.17, 15) is 9.59 Å². The van der Waals surface area contributed by atoms with E-state index in [1.807, 2.05) is 0 Å². The summed E-state index contributed by atoms with van der Waals surface area (Å²) in [6.07, 6.45) is 1.70. The molecule has 0 aromatic carbocycles. The third-order valence-corrected chi connectivity index (χ3v) is 2.50. The molecule has 0 bridgehead atoms. The summed E-state index contributed by atoms with van der Waals surface area (Å²) in [5, 5.41) is 0. The Morgan fingerprint density at radius 1 is 1.50 bits per heavy atom. The van der Waals surface area contributed by atoms with Gasteiger partial charge in [0.15, 0.2) is 0 Å². The lowest BCUT2D eigenvalue weighted by atomic mass is 10.1. The lowest BCUT2D eigenvalue weighted by molar-refractivity contribution is 0.0598. The molecule has 14 heavy (non-hydrogen) atoms. The number of hydrogen-bond donors (Lipinski definition) is 0. The molecular weight excluding hydrogens is 182 g/mol. The topological polar surface area (TPSA) is 48.3 Å².